The van der Waals surface area contributed by atoms with Gasteiger partial charge in [-0.05, 0) is 56.5 Å². The van der Waals surface area contributed by atoms with Crippen molar-refractivity contribution in [3.8, 4) is 17.3 Å². The Morgan fingerprint density at radius 1 is 1.18 bits per heavy atom. The molecule has 176 valence electrons. The third-order valence-electron chi connectivity index (χ3n) is 5.96. The lowest BCUT2D eigenvalue weighted by molar-refractivity contribution is -0.119. The third-order valence-corrected chi connectivity index (χ3v) is 6.93. The van der Waals surface area contributed by atoms with Crippen molar-refractivity contribution >= 4 is 17.7 Å². The second kappa shape index (κ2) is 10.9. The molecule has 0 aliphatic carbocycles. The summed E-state index contributed by atoms with van der Waals surface area (Å²) in [6.07, 6.45) is 3.34. The van der Waals surface area contributed by atoms with Crippen molar-refractivity contribution in [1.82, 2.24) is 20.1 Å². The van der Waals surface area contributed by atoms with E-state index in [9.17, 15) is 4.79 Å². The van der Waals surface area contributed by atoms with Crippen LogP contribution in [0.1, 0.15) is 32.3 Å². The van der Waals surface area contributed by atoms with Gasteiger partial charge in [-0.1, -0.05) is 23.9 Å². The second-order valence-corrected chi connectivity index (χ2v) is 8.89. The Kier molecular flexibility index (Phi) is 7.72. The quantitative estimate of drug-likeness (QED) is 0.449. The molecule has 1 aromatic carbocycles. The summed E-state index contributed by atoms with van der Waals surface area (Å²) in [5.41, 5.74) is 1.06. The van der Waals surface area contributed by atoms with Crippen LogP contribution in [0.25, 0.3) is 11.6 Å². The van der Waals surface area contributed by atoms with Crippen molar-refractivity contribution < 1.29 is 18.7 Å². The van der Waals surface area contributed by atoms with Crippen LogP contribution in [-0.4, -0.2) is 52.8 Å². The van der Waals surface area contributed by atoms with Crippen LogP contribution < -0.4 is 10.1 Å². The molecule has 1 N–H and O–H groups in total. The maximum atomic E-state index is 12.7. The molecular formula is C24H30N4O4S. The van der Waals surface area contributed by atoms with Crippen LogP contribution in [-0.2, 0) is 21.5 Å². The minimum absolute atomic E-state index is 0.0259. The monoisotopic (exact) mass is 470 g/mol. The van der Waals surface area contributed by atoms with Crippen LogP contribution in [0.15, 0.2) is 52.2 Å². The van der Waals surface area contributed by atoms with Gasteiger partial charge in [-0.25, -0.2) is 0 Å². The highest BCUT2D eigenvalue weighted by atomic mass is 32.2. The van der Waals surface area contributed by atoms with Gasteiger partial charge in [-0.15, -0.1) is 10.2 Å². The number of aromatic nitrogens is 3. The van der Waals surface area contributed by atoms with Gasteiger partial charge in [0.25, 0.3) is 0 Å². The molecule has 0 atom stereocenters. The summed E-state index contributed by atoms with van der Waals surface area (Å²) in [4.78, 5) is 12.7. The van der Waals surface area contributed by atoms with Crippen LogP contribution >= 0.6 is 11.8 Å². The molecule has 9 heteroatoms. The Morgan fingerprint density at radius 3 is 2.64 bits per heavy atom. The van der Waals surface area contributed by atoms with E-state index in [0.717, 1.165) is 18.6 Å². The number of ether oxygens (including phenoxy) is 2. The molecule has 1 saturated heterocycles. The highest BCUT2D eigenvalue weighted by Crippen LogP contribution is 2.35. The van der Waals surface area contributed by atoms with Crippen molar-refractivity contribution in [2.75, 3.05) is 32.1 Å². The van der Waals surface area contributed by atoms with Gasteiger partial charge in [0.2, 0.25) is 5.91 Å². The molecule has 1 fully saturated rings. The van der Waals surface area contributed by atoms with Crippen LogP contribution in [0.2, 0.25) is 0 Å². The molecule has 0 unspecified atom stereocenters. The summed E-state index contributed by atoms with van der Waals surface area (Å²) >= 11 is 1.38. The summed E-state index contributed by atoms with van der Waals surface area (Å²) in [5, 5.41) is 12.3. The van der Waals surface area contributed by atoms with Gasteiger partial charge in [0.15, 0.2) is 16.7 Å². The Bertz CT molecular complexity index is 1030. The van der Waals surface area contributed by atoms with Crippen molar-refractivity contribution in [1.29, 1.82) is 0 Å². The number of carbonyl (C=O) groups is 1. The number of thioether (sulfide) groups is 1. The maximum Gasteiger partial charge on any atom is 0.230 e. The average Bonchev–Trinajstić information content (AvgIpc) is 3.52. The van der Waals surface area contributed by atoms with Gasteiger partial charge in [0.1, 0.15) is 5.75 Å². The third kappa shape index (κ3) is 5.42. The fourth-order valence-electron chi connectivity index (χ4n) is 4.12. The van der Waals surface area contributed by atoms with Crippen LogP contribution in [0, 0.1) is 0 Å². The molecule has 2 aromatic heterocycles. The second-order valence-electron chi connectivity index (χ2n) is 7.94. The van der Waals surface area contributed by atoms with Gasteiger partial charge in [-0.3, -0.25) is 9.36 Å². The van der Waals surface area contributed by atoms with Gasteiger partial charge in [0.05, 0.1) is 18.6 Å². The molecule has 1 amide bonds. The molecule has 0 spiro atoms. The first-order valence-corrected chi connectivity index (χ1v) is 12.3. The number of nitrogens with one attached hydrogen (secondary N) is 1. The number of nitrogens with zero attached hydrogens (tertiary/aromatic N) is 3. The summed E-state index contributed by atoms with van der Waals surface area (Å²) in [7, 11) is 0. The van der Waals surface area contributed by atoms with Gasteiger partial charge in [-0.2, -0.15) is 0 Å². The SMILES string of the molecule is CCOc1ccc(C2(CNC(=O)CSc3nnc(-c4ccco4)n3CC)CCOCC2)cc1. The number of carbonyl (C=O) groups excluding carboxylic acids is 1. The largest absolute Gasteiger partial charge is 0.494 e. The zero-order valence-corrected chi connectivity index (χ0v) is 19.9. The first-order valence-electron chi connectivity index (χ1n) is 11.3. The summed E-state index contributed by atoms with van der Waals surface area (Å²) in [6.45, 7) is 7.27. The lowest BCUT2D eigenvalue weighted by Crippen LogP contribution is -2.45. The molecule has 0 bridgehead atoms. The number of amides is 1. The molecule has 1 aliphatic rings. The summed E-state index contributed by atoms with van der Waals surface area (Å²) in [5.74, 6) is 2.44. The minimum Gasteiger partial charge on any atom is -0.494 e. The topological polar surface area (TPSA) is 91.4 Å². The van der Waals surface area contributed by atoms with Crippen molar-refractivity contribution in [3.63, 3.8) is 0 Å². The van der Waals surface area contributed by atoms with E-state index < -0.39 is 0 Å². The van der Waals surface area contributed by atoms with Gasteiger partial charge in [0, 0.05) is 31.7 Å². The van der Waals surface area contributed by atoms with E-state index >= 15 is 0 Å². The Balaban J connectivity index is 1.38. The van der Waals surface area contributed by atoms with Gasteiger partial charge < -0.3 is 19.2 Å². The highest BCUT2D eigenvalue weighted by molar-refractivity contribution is 7.99. The van der Waals surface area contributed by atoms with E-state index in [1.807, 2.05) is 42.7 Å². The Labute approximate surface area is 198 Å². The molecule has 8 nitrogen and oxygen atoms in total. The van der Waals surface area contributed by atoms with Crippen molar-refractivity contribution in [3.05, 3.63) is 48.2 Å². The average molecular weight is 471 g/mol. The maximum absolute atomic E-state index is 12.7. The number of hydrogen-bond donors (Lipinski definition) is 1. The van der Waals surface area contributed by atoms with E-state index in [4.69, 9.17) is 13.9 Å². The number of benzene rings is 1. The summed E-state index contributed by atoms with van der Waals surface area (Å²) < 4.78 is 18.6. The molecular weight excluding hydrogens is 440 g/mol. The highest BCUT2D eigenvalue weighted by Gasteiger charge is 2.35. The van der Waals surface area contributed by atoms with E-state index in [2.05, 4.69) is 27.6 Å². The van der Waals surface area contributed by atoms with Crippen LogP contribution in [0.5, 0.6) is 5.75 Å². The molecule has 4 rings (SSSR count). The molecule has 0 saturated carbocycles. The van der Waals surface area contributed by atoms with E-state index in [-0.39, 0.29) is 17.1 Å². The van der Waals surface area contributed by atoms with E-state index in [1.54, 1.807) is 6.26 Å². The van der Waals surface area contributed by atoms with E-state index in [0.29, 0.717) is 49.7 Å². The lowest BCUT2D eigenvalue weighted by Gasteiger charge is -2.38. The number of rotatable bonds is 10. The van der Waals surface area contributed by atoms with Crippen LogP contribution in [0.3, 0.4) is 0 Å². The van der Waals surface area contributed by atoms with Crippen molar-refractivity contribution in [2.45, 2.75) is 43.8 Å². The Morgan fingerprint density at radius 2 is 1.97 bits per heavy atom. The molecule has 1 aliphatic heterocycles. The van der Waals surface area contributed by atoms with Crippen molar-refractivity contribution in [2.24, 2.45) is 0 Å². The Hall–Kier alpha value is -2.78. The zero-order chi connectivity index (χ0) is 23.1. The normalized spacial score (nSPS) is 15.3. The fraction of sp³-hybridized carbons (Fsp3) is 0.458. The standard InChI is InChI=1S/C24H30N4O4S/c1-3-28-22(20-6-5-13-32-20)26-27-23(28)33-16-21(29)25-17-24(11-14-30-15-12-24)18-7-9-19(10-8-18)31-4-2/h5-10,13H,3-4,11-12,14-17H2,1-2H3,(H,25,29). The minimum atomic E-state index is -0.140. The zero-order valence-electron chi connectivity index (χ0n) is 19.1. The predicted octanol–water partition coefficient (Wildman–Crippen LogP) is 3.91. The first-order chi connectivity index (χ1) is 16.1. The molecule has 33 heavy (non-hydrogen) atoms. The fourth-order valence-corrected chi connectivity index (χ4v) is 4.95. The first kappa shape index (κ1) is 23.4. The molecule has 3 aromatic rings. The summed E-state index contributed by atoms with van der Waals surface area (Å²) in [6, 6.07) is 11.9. The molecule has 0 radical (unpaired) electrons. The lowest BCUT2D eigenvalue weighted by atomic mass is 9.74. The van der Waals surface area contributed by atoms with Gasteiger partial charge >= 0.3 is 0 Å². The molecule has 3 heterocycles. The van der Waals surface area contributed by atoms with Crippen LogP contribution in [0.4, 0.5) is 0 Å². The van der Waals surface area contributed by atoms with E-state index in [1.165, 1.54) is 17.3 Å². The smallest absolute Gasteiger partial charge is 0.230 e. The number of hydrogen-bond acceptors (Lipinski definition) is 7. The number of furan rings is 1. The predicted molar refractivity (Wildman–Crippen MR) is 126 cm³/mol.